The summed E-state index contributed by atoms with van der Waals surface area (Å²) in [7, 11) is 5.92. The molecule has 0 saturated heterocycles. The van der Waals surface area contributed by atoms with Gasteiger partial charge in [0.25, 0.3) is 0 Å². The Kier molecular flexibility index (Phi) is 10.2. The number of hydrogen-bond donors (Lipinski definition) is 0. The van der Waals surface area contributed by atoms with Crippen molar-refractivity contribution in [1.29, 1.82) is 0 Å². The molecule has 1 rings (SSSR count). The van der Waals surface area contributed by atoms with Crippen molar-refractivity contribution in [3.05, 3.63) is 29.8 Å². The maximum Gasteiger partial charge on any atom is 0.204 e. The van der Waals surface area contributed by atoms with Gasteiger partial charge >= 0.3 is 0 Å². The number of ether oxygens (including phenoxy) is 2. The monoisotopic (exact) mass is 323 g/mol. The lowest BCUT2D eigenvalue weighted by Crippen LogP contribution is -2.30. The van der Waals surface area contributed by atoms with E-state index >= 15 is 0 Å². The molecule has 0 unspecified atom stereocenters. The zero-order valence-corrected chi connectivity index (χ0v) is 16.6. The molecule has 0 saturated carbocycles. The average molecular weight is 324 g/mol. The molecule has 3 heteroatoms. The first-order chi connectivity index (χ1) is 10.8. The standard InChI is InChI=1S/C18H31NO2.C2H6/c1-8-17(14(2)13-19(5)6)15-10-9-11-16(12-15)21-18(3,4)20-7;1-2/h9-12,14,17H,8,13H2,1-7H3;1-2H3/t14-,17+;/m1./s1. The number of benzene rings is 1. The van der Waals surface area contributed by atoms with Crippen molar-refractivity contribution < 1.29 is 9.47 Å². The van der Waals surface area contributed by atoms with Crippen LogP contribution in [0.5, 0.6) is 5.75 Å². The summed E-state index contributed by atoms with van der Waals surface area (Å²) < 4.78 is 11.3. The van der Waals surface area contributed by atoms with E-state index in [0.717, 1.165) is 18.7 Å². The van der Waals surface area contributed by atoms with E-state index < -0.39 is 5.79 Å². The van der Waals surface area contributed by atoms with Crippen LogP contribution >= 0.6 is 0 Å². The van der Waals surface area contributed by atoms with Crippen LogP contribution in [0.2, 0.25) is 0 Å². The van der Waals surface area contributed by atoms with Gasteiger partial charge in [-0.2, -0.15) is 0 Å². The highest BCUT2D eigenvalue weighted by molar-refractivity contribution is 5.31. The molecule has 0 aliphatic heterocycles. The molecule has 0 fully saturated rings. The lowest BCUT2D eigenvalue weighted by Gasteiger charge is -2.28. The maximum absolute atomic E-state index is 5.91. The summed E-state index contributed by atoms with van der Waals surface area (Å²) in [5.41, 5.74) is 1.34. The quantitative estimate of drug-likeness (QED) is 0.616. The summed E-state index contributed by atoms with van der Waals surface area (Å²) in [4.78, 5) is 2.25. The fraction of sp³-hybridized carbons (Fsp3) is 0.700. The molecule has 0 amide bonds. The Bertz CT molecular complexity index is 429. The van der Waals surface area contributed by atoms with Crippen molar-refractivity contribution in [3.63, 3.8) is 0 Å². The Balaban J connectivity index is 0.00000232. The normalized spacial score (nSPS) is 14.0. The predicted octanol–water partition coefficient (Wildman–Crippen LogP) is 5.17. The Hall–Kier alpha value is -1.06. The first kappa shape index (κ1) is 21.9. The number of nitrogens with zero attached hydrogens (tertiary/aromatic N) is 1. The summed E-state index contributed by atoms with van der Waals surface area (Å²) in [6, 6.07) is 8.42. The highest BCUT2D eigenvalue weighted by Gasteiger charge is 2.21. The van der Waals surface area contributed by atoms with Gasteiger partial charge in [-0.3, -0.25) is 0 Å². The van der Waals surface area contributed by atoms with Crippen LogP contribution in [0.15, 0.2) is 24.3 Å². The lowest BCUT2D eigenvalue weighted by molar-refractivity contribution is -0.134. The predicted molar refractivity (Wildman–Crippen MR) is 100 cm³/mol. The molecule has 0 aliphatic carbocycles. The highest BCUT2D eigenvalue weighted by Crippen LogP contribution is 2.31. The van der Waals surface area contributed by atoms with Crippen LogP contribution in [-0.2, 0) is 4.74 Å². The van der Waals surface area contributed by atoms with E-state index in [1.807, 2.05) is 33.8 Å². The molecule has 0 aromatic heterocycles. The van der Waals surface area contributed by atoms with Crippen molar-refractivity contribution >= 4 is 0 Å². The molecule has 0 aliphatic rings. The second-order valence-corrected chi connectivity index (χ2v) is 6.53. The van der Waals surface area contributed by atoms with Crippen LogP contribution in [0.3, 0.4) is 0 Å². The fourth-order valence-electron chi connectivity index (χ4n) is 2.80. The van der Waals surface area contributed by atoms with E-state index in [-0.39, 0.29) is 0 Å². The molecule has 0 bridgehead atoms. The van der Waals surface area contributed by atoms with Crippen molar-refractivity contribution in [1.82, 2.24) is 4.90 Å². The molecule has 3 nitrogen and oxygen atoms in total. The molecule has 2 atom stereocenters. The average Bonchev–Trinajstić information content (AvgIpc) is 2.49. The second-order valence-electron chi connectivity index (χ2n) is 6.53. The molecular weight excluding hydrogens is 286 g/mol. The van der Waals surface area contributed by atoms with E-state index in [4.69, 9.17) is 9.47 Å². The molecule has 23 heavy (non-hydrogen) atoms. The van der Waals surface area contributed by atoms with Crippen LogP contribution in [0.4, 0.5) is 0 Å². The third kappa shape index (κ3) is 7.85. The van der Waals surface area contributed by atoms with Crippen LogP contribution in [-0.4, -0.2) is 38.4 Å². The van der Waals surface area contributed by atoms with Gasteiger partial charge < -0.3 is 14.4 Å². The fourth-order valence-corrected chi connectivity index (χ4v) is 2.80. The number of rotatable bonds is 8. The van der Waals surface area contributed by atoms with Gasteiger partial charge in [-0.15, -0.1) is 0 Å². The minimum absolute atomic E-state index is 0.543. The number of hydrogen-bond acceptors (Lipinski definition) is 3. The van der Waals surface area contributed by atoms with Crippen LogP contribution in [0, 0.1) is 5.92 Å². The molecule has 134 valence electrons. The Morgan fingerprint density at radius 2 is 1.78 bits per heavy atom. The van der Waals surface area contributed by atoms with Gasteiger partial charge in [-0.1, -0.05) is 39.8 Å². The molecule has 0 heterocycles. The van der Waals surface area contributed by atoms with E-state index in [1.165, 1.54) is 5.56 Å². The molecule has 1 aromatic carbocycles. The zero-order chi connectivity index (χ0) is 18.0. The van der Waals surface area contributed by atoms with Gasteiger partial charge in [0.05, 0.1) is 0 Å². The van der Waals surface area contributed by atoms with Crippen molar-refractivity contribution in [2.24, 2.45) is 5.92 Å². The first-order valence-electron chi connectivity index (χ1n) is 8.78. The van der Waals surface area contributed by atoms with Gasteiger partial charge in [0.1, 0.15) is 5.75 Å². The van der Waals surface area contributed by atoms with Gasteiger partial charge in [0.2, 0.25) is 5.79 Å². The van der Waals surface area contributed by atoms with Gasteiger partial charge in [-0.25, -0.2) is 0 Å². The summed E-state index contributed by atoms with van der Waals surface area (Å²) in [6.45, 7) is 13.5. The van der Waals surface area contributed by atoms with E-state index in [1.54, 1.807) is 7.11 Å². The van der Waals surface area contributed by atoms with Gasteiger partial charge in [-0.05, 0) is 50.0 Å². The third-order valence-corrected chi connectivity index (χ3v) is 3.92. The van der Waals surface area contributed by atoms with Crippen LogP contribution in [0.25, 0.3) is 0 Å². The molecule has 0 radical (unpaired) electrons. The smallest absolute Gasteiger partial charge is 0.204 e. The summed E-state index contributed by atoms with van der Waals surface area (Å²) in [5, 5.41) is 0. The first-order valence-corrected chi connectivity index (χ1v) is 8.78. The summed E-state index contributed by atoms with van der Waals surface area (Å²) >= 11 is 0. The van der Waals surface area contributed by atoms with Crippen molar-refractivity contribution in [2.75, 3.05) is 27.7 Å². The Labute approximate surface area is 144 Å². The number of methoxy groups -OCH3 is 1. The minimum atomic E-state index is -0.602. The van der Waals surface area contributed by atoms with Crippen LogP contribution < -0.4 is 4.74 Å². The van der Waals surface area contributed by atoms with E-state index in [2.05, 4.69) is 51.0 Å². The van der Waals surface area contributed by atoms with Gasteiger partial charge in [0, 0.05) is 27.5 Å². The van der Waals surface area contributed by atoms with Crippen LogP contribution in [0.1, 0.15) is 59.4 Å². The Morgan fingerprint density at radius 3 is 2.26 bits per heavy atom. The largest absolute Gasteiger partial charge is 0.463 e. The van der Waals surface area contributed by atoms with E-state index in [9.17, 15) is 0 Å². The molecule has 0 spiro atoms. The second kappa shape index (κ2) is 10.7. The van der Waals surface area contributed by atoms with Gasteiger partial charge in [0.15, 0.2) is 0 Å². The zero-order valence-electron chi connectivity index (χ0n) is 16.6. The minimum Gasteiger partial charge on any atom is -0.463 e. The molecule has 1 aromatic rings. The van der Waals surface area contributed by atoms with E-state index in [0.29, 0.717) is 11.8 Å². The Morgan fingerprint density at radius 1 is 1.17 bits per heavy atom. The lowest BCUT2D eigenvalue weighted by atomic mass is 9.85. The highest BCUT2D eigenvalue weighted by atomic mass is 16.7. The summed E-state index contributed by atoms with van der Waals surface area (Å²) in [5.74, 6) is 1.42. The SMILES string of the molecule is CC.CC[C@H](c1cccc(OC(C)(C)OC)c1)[C@H](C)CN(C)C. The maximum atomic E-state index is 5.91. The molecule has 0 N–H and O–H groups in total. The topological polar surface area (TPSA) is 21.7 Å². The van der Waals surface area contributed by atoms with Crippen molar-refractivity contribution in [3.8, 4) is 5.75 Å². The third-order valence-electron chi connectivity index (χ3n) is 3.92. The van der Waals surface area contributed by atoms with Crippen molar-refractivity contribution in [2.45, 2.75) is 59.7 Å². The summed E-state index contributed by atoms with van der Waals surface area (Å²) in [6.07, 6.45) is 1.13. The molecular formula is C20H37NO2.